The second kappa shape index (κ2) is 9.85. The monoisotopic (exact) mass is 361 g/mol. The summed E-state index contributed by atoms with van der Waals surface area (Å²) in [4.78, 5) is 23.6. The van der Waals surface area contributed by atoms with Crippen LogP contribution in [0, 0.1) is 5.92 Å². The summed E-state index contributed by atoms with van der Waals surface area (Å²) in [5.74, 6) is 0.444. The van der Waals surface area contributed by atoms with Crippen molar-refractivity contribution in [2.75, 3.05) is 13.7 Å². The number of ether oxygens (including phenoxy) is 2. The molecule has 1 fully saturated rings. The molecule has 0 radical (unpaired) electrons. The Morgan fingerprint density at radius 2 is 2.00 bits per heavy atom. The number of amides is 1. The Balaban J connectivity index is 1.76. The van der Waals surface area contributed by atoms with E-state index in [4.69, 9.17) is 9.47 Å². The molecule has 6 heteroatoms. The smallest absolute Gasteiger partial charge is 0.330 e. The number of hydrogen-bond acceptors (Lipinski definition) is 5. The van der Waals surface area contributed by atoms with Crippen LogP contribution in [0.15, 0.2) is 30.4 Å². The number of phenols is 1. The minimum atomic E-state index is -0.299. The maximum atomic E-state index is 12.2. The zero-order valence-corrected chi connectivity index (χ0v) is 15.4. The normalized spacial score (nSPS) is 19.9. The first-order valence-corrected chi connectivity index (χ1v) is 9.02. The molecule has 1 aromatic carbocycles. The maximum Gasteiger partial charge on any atom is 0.330 e. The van der Waals surface area contributed by atoms with E-state index >= 15 is 0 Å². The zero-order chi connectivity index (χ0) is 18.9. The predicted octanol–water partition coefficient (Wildman–Crippen LogP) is 2.74. The van der Waals surface area contributed by atoms with Crippen LogP contribution in [0.3, 0.4) is 0 Å². The van der Waals surface area contributed by atoms with Crippen LogP contribution in [-0.4, -0.2) is 36.7 Å². The van der Waals surface area contributed by atoms with Gasteiger partial charge in [0.25, 0.3) is 0 Å². The van der Waals surface area contributed by atoms with Crippen molar-refractivity contribution in [3.8, 4) is 11.5 Å². The number of methoxy groups -OCH3 is 1. The summed E-state index contributed by atoms with van der Waals surface area (Å²) in [6.45, 7) is 2.17. The third-order valence-electron chi connectivity index (χ3n) is 4.54. The van der Waals surface area contributed by atoms with Crippen molar-refractivity contribution in [1.82, 2.24) is 5.32 Å². The summed E-state index contributed by atoms with van der Waals surface area (Å²) in [7, 11) is 1.48. The maximum absolute atomic E-state index is 12.2. The van der Waals surface area contributed by atoms with E-state index in [2.05, 4.69) is 5.32 Å². The van der Waals surface area contributed by atoms with Crippen molar-refractivity contribution in [2.45, 2.75) is 45.1 Å². The highest BCUT2D eigenvalue weighted by atomic mass is 16.5. The van der Waals surface area contributed by atoms with E-state index in [1.165, 1.54) is 19.3 Å². The highest BCUT2D eigenvalue weighted by Crippen LogP contribution is 2.27. The molecule has 0 atom stereocenters. The predicted molar refractivity (Wildman–Crippen MR) is 98.0 cm³/mol. The number of allylic oxidation sites excluding steroid dienone is 1. The van der Waals surface area contributed by atoms with Gasteiger partial charge in [0.2, 0.25) is 5.91 Å². The van der Waals surface area contributed by atoms with Crippen LogP contribution in [0.1, 0.15) is 38.2 Å². The van der Waals surface area contributed by atoms with Crippen LogP contribution in [0.5, 0.6) is 11.5 Å². The molecule has 6 nitrogen and oxygen atoms in total. The molecule has 1 aromatic rings. The number of esters is 1. The van der Waals surface area contributed by atoms with E-state index < -0.39 is 0 Å². The molecule has 0 aliphatic heterocycles. The molecule has 0 bridgehead atoms. The molecule has 0 unspecified atom stereocenters. The van der Waals surface area contributed by atoms with Gasteiger partial charge in [0, 0.05) is 12.1 Å². The van der Waals surface area contributed by atoms with Crippen molar-refractivity contribution >= 4 is 11.9 Å². The third-order valence-corrected chi connectivity index (χ3v) is 4.54. The number of aromatic hydroxyl groups is 1. The molecule has 2 rings (SSSR count). The quantitative estimate of drug-likeness (QED) is 0.576. The second-order valence-corrected chi connectivity index (χ2v) is 6.47. The molecule has 1 aliphatic rings. The lowest BCUT2D eigenvalue weighted by Crippen LogP contribution is -2.38. The highest BCUT2D eigenvalue weighted by molar-refractivity contribution is 5.82. The molecule has 142 valence electrons. The van der Waals surface area contributed by atoms with Gasteiger partial charge in [-0.1, -0.05) is 12.1 Å². The fraction of sp³-hybridized carbons (Fsp3) is 0.500. The second-order valence-electron chi connectivity index (χ2n) is 6.47. The molecule has 0 saturated heterocycles. The molecule has 1 saturated carbocycles. The average molecular weight is 361 g/mol. The van der Waals surface area contributed by atoms with Gasteiger partial charge in [-0.3, -0.25) is 4.79 Å². The number of rotatable bonds is 7. The summed E-state index contributed by atoms with van der Waals surface area (Å²) in [6.07, 6.45) is 7.33. The number of phenolic OH excluding ortho intramolecular Hbond substituents is 1. The van der Waals surface area contributed by atoms with Gasteiger partial charge in [-0.2, -0.15) is 0 Å². The fourth-order valence-corrected chi connectivity index (χ4v) is 3.16. The molecular formula is C20H27NO5. The number of hydrogen-bond donors (Lipinski definition) is 2. The SMILES string of the molecule is CCOC(=O)C=CC1CCC(NC(=O)Cc2ccc(O)c(OC)c2)CC1. The third kappa shape index (κ3) is 6.10. The van der Waals surface area contributed by atoms with Crippen molar-refractivity contribution in [3.05, 3.63) is 35.9 Å². The van der Waals surface area contributed by atoms with Gasteiger partial charge < -0.3 is 19.9 Å². The summed E-state index contributed by atoms with van der Waals surface area (Å²) < 4.78 is 9.94. The Morgan fingerprint density at radius 3 is 2.65 bits per heavy atom. The lowest BCUT2D eigenvalue weighted by molar-refractivity contribution is -0.137. The van der Waals surface area contributed by atoms with Gasteiger partial charge in [-0.05, 0) is 56.2 Å². The van der Waals surface area contributed by atoms with Crippen LogP contribution < -0.4 is 10.1 Å². The zero-order valence-electron chi connectivity index (χ0n) is 15.4. The number of benzene rings is 1. The highest BCUT2D eigenvalue weighted by Gasteiger charge is 2.21. The first kappa shape index (κ1) is 19.8. The Hall–Kier alpha value is -2.50. The summed E-state index contributed by atoms with van der Waals surface area (Å²) in [5.41, 5.74) is 0.795. The Labute approximate surface area is 154 Å². The molecule has 1 amide bonds. The van der Waals surface area contributed by atoms with Crippen LogP contribution in [0.4, 0.5) is 0 Å². The molecular weight excluding hydrogens is 334 g/mol. The minimum Gasteiger partial charge on any atom is -0.504 e. The summed E-state index contributed by atoms with van der Waals surface area (Å²) in [6, 6.07) is 5.08. The van der Waals surface area contributed by atoms with Crippen LogP contribution in [0.25, 0.3) is 0 Å². The molecule has 26 heavy (non-hydrogen) atoms. The van der Waals surface area contributed by atoms with Crippen molar-refractivity contribution in [1.29, 1.82) is 0 Å². The van der Waals surface area contributed by atoms with Crippen LogP contribution >= 0.6 is 0 Å². The standard InChI is InChI=1S/C20H27NO5/c1-3-26-20(24)11-7-14-4-8-16(9-5-14)21-19(23)13-15-6-10-17(22)18(12-15)25-2/h6-7,10-12,14,16,22H,3-5,8-9,13H2,1-2H3,(H,21,23). The Bertz CT molecular complexity index is 648. The van der Waals surface area contributed by atoms with E-state index in [9.17, 15) is 14.7 Å². The van der Waals surface area contributed by atoms with E-state index in [1.54, 1.807) is 19.1 Å². The Morgan fingerprint density at radius 1 is 1.27 bits per heavy atom. The number of carbonyl (C=O) groups is 2. The number of nitrogens with one attached hydrogen (secondary N) is 1. The molecule has 1 aliphatic carbocycles. The molecule has 0 spiro atoms. The van der Waals surface area contributed by atoms with E-state index in [0.29, 0.717) is 18.3 Å². The van der Waals surface area contributed by atoms with Gasteiger partial charge in [0.15, 0.2) is 11.5 Å². The largest absolute Gasteiger partial charge is 0.504 e. The molecule has 2 N–H and O–H groups in total. The van der Waals surface area contributed by atoms with Crippen molar-refractivity contribution in [3.63, 3.8) is 0 Å². The number of carbonyl (C=O) groups excluding carboxylic acids is 2. The summed E-state index contributed by atoms with van der Waals surface area (Å²) in [5, 5.41) is 12.7. The van der Waals surface area contributed by atoms with Gasteiger partial charge in [-0.15, -0.1) is 0 Å². The van der Waals surface area contributed by atoms with Gasteiger partial charge >= 0.3 is 5.97 Å². The minimum absolute atomic E-state index is 0.0386. The van der Waals surface area contributed by atoms with Crippen LogP contribution in [0.2, 0.25) is 0 Å². The summed E-state index contributed by atoms with van der Waals surface area (Å²) >= 11 is 0. The van der Waals surface area contributed by atoms with Crippen LogP contribution in [-0.2, 0) is 20.7 Å². The lowest BCUT2D eigenvalue weighted by Gasteiger charge is -2.27. The molecule has 0 heterocycles. The average Bonchev–Trinajstić information content (AvgIpc) is 2.63. The lowest BCUT2D eigenvalue weighted by atomic mass is 9.85. The first-order valence-electron chi connectivity index (χ1n) is 9.02. The fourth-order valence-electron chi connectivity index (χ4n) is 3.16. The van der Waals surface area contributed by atoms with Crippen molar-refractivity contribution < 1.29 is 24.2 Å². The van der Waals surface area contributed by atoms with Gasteiger partial charge in [0.05, 0.1) is 20.1 Å². The molecule has 0 aromatic heterocycles. The first-order chi connectivity index (χ1) is 12.5. The van der Waals surface area contributed by atoms with Gasteiger partial charge in [-0.25, -0.2) is 4.79 Å². The topological polar surface area (TPSA) is 84.9 Å². The van der Waals surface area contributed by atoms with Gasteiger partial charge in [0.1, 0.15) is 0 Å². The van der Waals surface area contributed by atoms with E-state index in [1.807, 2.05) is 6.08 Å². The van der Waals surface area contributed by atoms with E-state index in [0.717, 1.165) is 31.2 Å². The van der Waals surface area contributed by atoms with E-state index in [-0.39, 0.29) is 30.1 Å². The Kier molecular flexibility index (Phi) is 7.51. The van der Waals surface area contributed by atoms with Crippen molar-refractivity contribution in [2.24, 2.45) is 5.92 Å².